The normalized spacial score (nSPS) is 17.9. The average Bonchev–Trinajstić information content (AvgIpc) is 3.73. The fourth-order valence-corrected chi connectivity index (χ4v) is 6.56. The van der Waals surface area contributed by atoms with E-state index in [1.54, 1.807) is 12.4 Å². The van der Waals surface area contributed by atoms with Crippen LogP contribution in [0.4, 0.5) is 11.4 Å². The predicted octanol–water partition coefficient (Wildman–Crippen LogP) is 6.14. The third-order valence-electron chi connectivity index (χ3n) is 7.80. The zero-order chi connectivity index (χ0) is 28.1. The topological polar surface area (TPSA) is 110 Å². The van der Waals surface area contributed by atoms with Crippen LogP contribution >= 0.6 is 22.9 Å². The van der Waals surface area contributed by atoms with Crippen LogP contribution in [0.5, 0.6) is 0 Å². The largest absolute Gasteiger partial charge is 0.381 e. The van der Waals surface area contributed by atoms with Gasteiger partial charge in [0.15, 0.2) is 0 Å². The molecular formula is C29H37ClN6O3S. The molecule has 2 aliphatic rings. The molecule has 0 radical (unpaired) electrons. The number of hydrogen-bond donors (Lipinski definition) is 3. The van der Waals surface area contributed by atoms with Gasteiger partial charge in [-0.15, -0.1) is 11.3 Å². The Hall–Kier alpha value is -2.95. The third kappa shape index (κ3) is 7.21. The Morgan fingerprint density at radius 1 is 1.18 bits per heavy atom. The Morgan fingerprint density at radius 2 is 1.95 bits per heavy atom. The number of nitrogens with zero attached hydrogens (tertiary/aromatic N) is 3. The predicted molar refractivity (Wildman–Crippen MR) is 158 cm³/mol. The Labute approximate surface area is 244 Å². The van der Waals surface area contributed by atoms with Gasteiger partial charge in [0, 0.05) is 30.5 Å². The number of amides is 2. The highest BCUT2D eigenvalue weighted by atomic mass is 35.5. The molecule has 2 atom stereocenters. The van der Waals surface area contributed by atoms with Crippen molar-refractivity contribution in [1.82, 2.24) is 20.1 Å². The summed E-state index contributed by atoms with van der Waals surface area (Å²) in [5, 5.41) is 14.5. The molecule has 4 heterocycles. The zero-order valence-electron chi connectivity index (χ0n) is 23.0. The summed E-state index contributed by atoms with van der Waals surface area (Å²) in [4.78, 5) is 32.6. The van der Waals surface area contributed by atoms with Gasteiger partial charge in [-0.05, 0) is 57.2 Å². The molecule has 5 rings (SSSR count). The molecule has 1 saturated carbocycles. The van der Waals surface area contributed by atoms with E-state index in [-0.39, 0.29) is 23.9 Å². The lowest BCUT2D eigenvalue weighted by molar-refractivity contribution is -0.118. The van der Waals surface area contributed by atoms with E-state index in [1.807, 2.05) is 42.9 Å². The second-order valence-corrected chi connectivity index (χ2v) is 12.4. The van der Waals surface area contributed by atoms with Crippen LogP contribution in [0, 0.1) is 12.8 Å². The molecule has 3 N–H and O–H groups in total. The number of aryl methyl sites for hydroxylation is 1. The van der Waals surface area contributed by atoms with Gasteiger partial charge < -0.3 is 20.7 Å². The van der Waals surface area contributed by atoms with Crippen molar-refractivity contribution in [2.24, 2.45) is 5.92 Å². The lowest BCUT2D eigenvalue weighted by atomic mass is 9.97. The minimum atomic E-state index is -0.622. The smallest absolute Gasteiger partial charge is 0.262 e. The van der Waals surface area contributed by atoms with E-state index in [0.29, 0.717) is 27.9 Å². The quantitative estimate of drug-likeness (QED) is 0.264. The van der Waals surface area contributed by atoms with Crippen molar-refractivity contribution in [3.8, 4) is 0 Å². The van der Waals surface area contributed by atoms with E-state index < -0.39 is 6.04 Å². The first-order valence-corrected chi connectivity index (χ1v) is 15.3. The molecule has 9 nitrogen and oxygen atoms in total. The van der Waals surface area contributed by atoms with E-state index in [0.717, 1.165) is 55.2 Å². The molecule has 0 unspecified atom stereocenters. The summed E-state index contributed by atoms with van der Waals surface area (Å²) in [5.74, 6) is -0.0127. The number of rotatable bonds is 10. The first-order chi connectivity index (χ1) is 19.4. The van der Waals surface area contributed by atoms with Crippen molar-refractivity contribution in [2.45, 2.75) is 76.9 Å². The molecule has 1 aliphatic heterocycles. The summed E-state index contributed by atoms with van der Waals surface area (Å²) in [6.45, 7) is 5.39. The molecule has 3 aromatic heterocycles. The first-order valence-electron chi connectivity index (χ1n) is 14.1. The van der Waals surface area contributed by atoms with Gasteiger partial charge >= 0.3 is 0 Å². The van der Waals surface area contributed by atoms with E-state index in [4.69, 9.17) is 16.3 Å². The van der Waals surface area contributed by atoms with Gasteiger partial charge in [-0.2, -0.15) is 5.10 Å². The summed E-state index contributed by atoms with van der Waals surface area (Å²) < 4.78 is 7.36. The first kappa shape index (κ1) is 28.6. The second-order valence-electron chi connectivity index (χ2n) is 10.8. The van der Waals surface area contributed by atoms with E-state index in [1.165, 1.54) is 24.2 Å². The highest BCUT2D eigenvalue weighted by Gasteiger charge is 2.28. The molecule has 3 aromatic rings. The fourth-order valence-electron chi connectivity index (χ4n) is 5.49. The third-order valence-corrected chi connectivity index (χ3v) is 9.28. The monoisotopic (exact) mass is 584 g/mol. The van der Waals surface area contributed by atoms with Gasteiger partial charge in [-0.3, -0.25) is 19.3 Å². The summed E-state index contributed by atoms with van der Waals surface area (Å²) in [6.07, 6.45) is 12.1. The standard InChI is InChI=1S/C29H37ClN6O3S/c1-18-24(14-21(30)15-31-18)33-19(2)26-7-8-27(40-26)29(38)35-25(13-20-5-3-4-6-20)28(37)34-22-16-32-36(17-22)23-9-11-39-12-10-23/h7-8,14-17,19-20,23,25,33H,3-6,9-13H2,1-2H3,(H,34,37)(H,35,38)/t19-,25-/m0/s1. The summed E-state index contributed by atoms with van der Waals surface area (Å²) in [7, 11) is 0. The average molecular weight is 585 g/mol. The molecule has 0 spiro atoms. The Balaban J connectivity index is 1.24. The van der Waals surface area contributed by atoms with Crippen LogP contribution in [-0.2, 0) is 9.53 Å². The lowest BCUT2D eigenvalue weighted by Gasteiger charge is -2.22. The van der Waals surface area contributed by atoms with Crippen LogP contribution < -0.4 is 16.0 Å². The van der Waals surface area contributed by atoms with Crippen molar-refractivity contribution in [3.05, 3.63) is 57.3 Å². The van der Waals surface area contributed by atoms with Gasteiger partial charge in [-0.25, -0.2) is 0 Å². The zero-order valence-corrected chi connectivity index (χ0v) is 24.6. The van der Waals surface area contributed by atoms with Crippen LogP contribution in [0.2, 0.25) is 5.02 Å². The molecule has 2 amide bonds. The van der Waals surface area contributed by atoms with Gasteiger partial charge in [0.1, 0.15) is 6.04 Å². The molecule has 214 valence electrons. The maximum absolute atomic E-state index is 13.4. The molecule has 2 fully saturated rings. The number of carbonyl (C=O) groups is 2. The van der Waals surface area contributed by atoms with Gasteiger partial charge in [0.05, 0.1) is 45.2 Å². The van der Waals surface area contributed by atoms with Crippen molar-refractivity contribution in [3.63, 3.8) is 0 Å². The highest BCUT2D eigenvalue weighted by molar-refractivity contribution is 7.14. The van der Waals surface area contributed by atoms with Crippen LogP contribution in [0.15, 0.2) is 36.8 Å². The summed E-state index contributed by atoms with van der Waals surface area (Å²) >= 11 is 7.53. The van der Waals surface area contributed by atoms with Crippen LogP contribution in [0.1, 0.15) is 84.2 Å². The molecular weight excluding hydrogens is 548 g/mol. The second kappa shape index (κ2) is 13.1. The summed E-state index contributed by atoms with van der Waals surface area (Å²) in [5.41, 5.74) is 2.35. The fraction of sp³-hybridized carbons (Fsp3) is 0.517. The molecule has 0 aromatic carbocycles. The molecule has 0 bridgehead atoms. The Morgan fingerprint density at radius 3 is 2.73 bits per heavy atom. The van der Waals surface area contributed by atoms with Crippen molar-refractivity contribution in [1.29, 1.82) is 0 Å². The number of carbonyl (C=O) groups excluding carboxylic acids is 2. The van der Waals surface area contributed by atoms with Gasteiger partial charge in [0.2, 0.25) is 5.91 Å². The SMILES string of the molecule is Cc1ncc(Cl)cc1N[C@@H](C)c1ccc(C(=O)N[C@@H](CC2CCCC2)C(=O)Nc2cnn(C3CCOCC3)c2)s1. The van der Waals surface area contributed by atoms with E-state index >= 15 is 0 Å². The number of ether oxygens (including phenoxy) is 1. The van der Waals surface area contributed by atoms with E-state index in [2.05, 4.69) is 26.0 Å². The number of halogens is 1. The van der Waals surface area contributed by atoms with Crippen molar-refractivity contribution < 1.29 is 14.3 Å². The van der Waals surface area contributed by atoms with Gasteiger partial charge in [0.25, 0.3) is 5.91 Å². The number of anilines is 2. The number of thiophene rings is 1. The summed E-state index contributed by atoms with van der Waals surface area (Å²) in [6, 6.07) is 5.22. The van der Waals surface area contributed by atoms with Crippen molar-refractivity contribution in [2.75, 3.05) is 23.8 Å². The molecule has 1 saturated heterocycles. The molecule has 40 heavy (non-hydrogen) atoms. The van der Waals surface area contributed by atoms with Crippen LogP contribution in [0.3, 0.4) is 0 Å². The van der Waals surface area contributed by atoms with E-state index in [9.17, 15) is 9.59 Å². The lowest BCUT2D eigenvalue weighted by Crippen LogP contribution is -2.44. The minimum absolute atomic E-state index is 0.0460. The maximum atomic E-state index is 13.4. The number of nitrogens with one attached hydrogen (secondary N) is 3. The number of pyridine rings is 1. The Bertz CT molecular complexity index is 1310. The number of aromatic nitrogens is 3. The van der Waals surface area contributed by atoms with Crippen LogP contribution in [0.25, 0.3) is 0 Å². The molecule has 1 aliphatic carbocycles. The maximum Gasteiger partial charge on any atom is 0.262 e. The Kier molecular flexibility index (Phi) is 9.39. The molecule has 11 heteroatoms. The van der Waals surface area contributed by atoms with Crippen molar-refractivity contribution >= 4 is 46.1 Å². The minimum Gasteiger partial charge on any atom is -0.381 e. The van der Waals surface area contributed by atoms with Gasteiger partial charge in [-0.1, -0.05) is 37.3 Å². The van der Waals surface area contributed by atoms with Crippen LogP contribution in [-0.4, -0.2) is 45.8 Å². The number of hydrogen-bond acceptors (Lipinski definition) is 7. The highest BCUT2D eigenvalue weighted by Crippen LogP contribution is 2.31.